The second kappa shape index (κ2) is 12.0. The molecule has 0 spiro atoms. The Morgan fingerprint density at radius 1 is 0.595 bits per heavy atom. The first kappa shape index (κ1) is 25.6. The lowest BCUT2D eigenvalue weighted by Gasteiger charge is -2.45. The zero-order chi connectivity index (χ0) is 25.0. The molecule has 6 rings (SSSR count). The fourth-order valence-electron chi connectivity index (χ4n) is 8.12. The van der Waals surface area contributed by atoms with Crippen LogP contribution in [0.2, 0.25) is 0 Å². The number of carbonyl (C=O) groups is 1. The molecule has 37 heavy (non-hydrogen) atoms. The van der Waals surface area contributed by atoms with E-state index in [0.717, 1.165) is 17.2 Å². The Hall–Kier alpha value is -1.65. The van der Waals surface area contributed by atoms with Gasteiger partial charge in [-0.2, -0.15) is 0 Å². The molecule has 0 aliphatic heterocycles. The minimum absolute atomic E-state index is 0.257. The quantitative estimate of drug-likeness (QED) is 0.377. The molecule has 5 aliphatic carbocycles. The highest BCUT2D eigenvalue weighted by Gasteiger charge is 2.39. The zero-order valence-corrected chi connectivity index (χ0v) is 23.2. The number of hydrogen-bond donors (Lipinski definition) is 0. The van der Waals surface area contributed by atoms with E-state index in [1.54, 1.807) is 0 Å². The maximum absolute atomic E-state index is 14.8. The lowest BCUT2D eigenvalue weighted by Crippen LogP contribution is -2.50. The Morgan fingerprint density at radius 2 is 1.03 bits per heavy atom. The molecule has 5 aliphatic rings. The maximum atomic E-state index is 14.8. The predicted molar refractivity (Wildman–Crippen MR) is 150 cm³/mol. The van der Waals surface area contributed by atoms with Gasteiger partial charge in [-0.15, -0.1) is 0 Å². The van der Waals surface area contributed by atoms with Gasteiger partial charge in [0.2, 0.25) is 0 Å². The van der Waals surface area contributed by atoms with Crippen LogP contribution in [0.15, 0.2) is 6.20 Å². The minimum atomic E-state index is 0.257. The molecule has 1 aromatic rings. The van der Waals surface area contributed by atoms with Crippen LogP contribution in [0.25, 0.3) is 0 Å². The van der Waals surface area contributed by atoms with Crippen molar-refractivity contribution in [3.05, 3.63) is 17.6 Å². The van der Waals surface area contributed by atoms with Gasteiger partial charge < -0.3 is 9.80 Å². The van der Waals surface area contributed by atoms with Crippen LogP contribution < -0.4 is 4.90 Å². The Morgan fingerprint density at radius 3 is 1.46 bits per heavy atom. The van der Waals surface area contributed by atoms with Gasteiger partial charge in [-0.3, -0.25) is 4.79 Å². The average Bonchev–Trinajstić information content (AvgIpc) is 3.82. The van der Waals surface area contributed by atoms with Gasteiger partial charge in [-0.05, 0) is 64.2 Å². The second-order valence-corrected chi connectivity index (χ2v) is 13.0. The topological polar surface area (TPSA) is 49.3 Å². The summed E-state index contributed by atoms with van der Waals surface area (Å²) in [5, 5.41) is 0. The molecule has 1 amide bonds. The SMILES string of the molecule is O=C(c1cnc(C2CC2)nc1N(C1CCCCC1)C1CCCCC1)N(C1CCCCC1)C1CCCCC1. The van der Waals surface area contributed by atoms with Crippen molar-refractivity contribution in [1.82, 2.24) is 14.9 Å². The number of carbonyl (C=O) groups excluding carboxylic acids is 1. The van der Waals surface area contributed by atoms with Crippen molar-refractivity contribution in [3.8, 4) is 0 Å². The molecule has 1 aromatic heterocycles. The van der Waals surface area contributed by atoms with Crippen molar-refractivity contribution >= 4 is 11.7 Å². The summed E-state index contributed by atoms with van der Waals surface area (Å²) in [7, 11) is 0. The third-order valence-corrected chi connectivity index (χ3v) is 10.3. The third-order valence-electron chi connectivity index (χ3n) is 10.3. The monoisotopic (exact) mass is 506 g/mol. The Bertz CT molecular complexity index is 854. The van der Waals surface area contributed by atoms with Gasteiger partial charge in [-0.1, -0.05) is 77.0 Å². The highest BCUT2D eigenvalue weighted by molar-refractivity contribution is 5.99. The first-order chi connectivity index (χ1) is 18.3. The largest absolute Gasteiger partial charge is 0.350 e. The molecule has 1 heterocycles. The van der Waals surface area contributed by atoms with E-state index in [1.165, 1.54) is 141 Å². The molecule has 0 saturated heterocycles. The summed E-state index contributed by atoms with van der Waals surface area (Å²) < 4.78 is 0. The van der Waals surface area contributed by atoms with E-state index < -0.39 is 0 Å². The normalized spacial score (nSPS) is 25.2. The number of hydrogen-bond acceptors (Lipinski definition) is 4. The van der Waals surface area contributed by atoms with Crippen LogP contribution in [-0.2, 0) is 0 Å². The van der Waals surface area contributed by atoms with Crippen LogP contribution in [0, 0.1) is 0 Å². The molecule has 0 atom stereocenters. The average molecular weight is 507 g/mol. The van der Waals surface area contributed by atoms with Crippen LogP contribution >= 0.6 is 0 Å². The Labute approximate surface area is 225 Å². The molecular weight excluding hydrogens is 456 g/mol. The summed E-state index contributed by atoms with van der Waals surface area (Å²) in [6.45, 7) is 0. The Kier molecular flexibility index (Phi) is 8.33. The summed E-state index contributed by atoms with van der Waals surface area (Å²) >= 11 is 0. The van der Waals surface area contributed by atoms with Crippen molar-refractivity contribution in [2.75, 3.05) is 4.90 Å². The smallest absolute Gasteiger partial charge is 0.259 e. The molecule has 204 valence electrons. The van der Waals surface area contributed by atoms with Gasteiger partial charge in [0.15, 0.2) is 0 Å². The number of nitrogens with zero attached hydrogens (tertiary/aromatic N) is 4. The standard InChI is InChI=1S/C32H50N4O/c37-32(36(27-17-9-3-10-18-27)28-19-11-4-12-20-28)29-23-33-30(24-21-22-24)34-31(29)35(25-13-5-1-6-14-25)26-15-7-2-8-16-26/h23-28H,1-22H2. The van der Waals surface area contributed by atoms with Gasteiger partial charge in [0.25, 0.3) is 5.91 Å². The van der Waals surface area contributed by atoms with Crippen molar-refractivity contribution < 1.29 is 4.79 Å². The molecule has 0 radical (unpaired) electrons. The predicted octanol–water partition coefficient (Wildman–Crippen LogP) is 7.93. The van der Waals surface area contributed by atoms with Crippen LogP contribution in [-0.4, -0.2) is 44.9 Å². The van der Waals surface area contributed by atoms with E-state index in [-0.39, 0.29) is 5.91 Å². The fraction of sp³-hybridized carbons (Fsp3) is 0.844. The van der Waals surface area contributed by atoms with Crippen LogP contribution in [0.1, 0.15) is 163 Å². The summed E-state index contributed by atoms with van der Waals surface area (Å²) in [6.07, 6.45) is 29.8. The fourth-order valence-corrected chi connectivity index (χ4v) is 8.12. The van der Waals surface area contributed by atoms with E-state index in [4.69, 9.17) is 9.97 Å². The number of anilines is 1. The highest BCUT2D eigenvalue weighted by atomic mass is 16.2. The van der Waals surface area contributed by atoms with Gasteiger partial charge in [0.1, 0.15) is 17.2 Å². The lowest BCUT2D eigenvalue weighted by atomic mass is 9.87. The van der Waals surface area contributed by atoms with Crippen LogP contribution in [0.5, 0.6) is 0 Å². The second-order valence-electron chi connectivity index (χ2n) is 13.0. The molecule has 5 fully saturated rings. The van der Waals surface area contributed by atoms with E-state index in [1.807, 2.05) is 6.20 Å². The van der Waals surface area contributed by atoms with Crippen LogP contribution in [0.4, 0.5) is 5.82 Å². The third kappa shape index (κ3) is 5.86. The summed E-state index contributed by atoms with van der Waals surface area (Å²) in [4.78, 5) is 30.1. The summed E-state index contributed by atoms with van der Waals surface area (Å²) in [5.41, 5.74) is 0.830. The van der Waals surface area contributed by atoms with Gasteiger partial charge in [0.05, 0.1) is 0 Å². The lowest BCUT2D eigenvalue weighted by molar-refractivity contribution is 0.0448. The molecule has 0 bridgehead atoms. The maximum Gasteiger partial charge on any atom is 0.259 e. The molecule has 5 nitrogen and oxygen atoms in total. The van der Waals surface area contributed by atoms with Crippen molar-refractivity contribution in [2.24, 2.45) is 0 Å². The summed E-state index contributed by atoms with van der Waals surface area (Å²) in [5.74, 6) is 2.80. The molecule has 0 N–H and O–H groups in total. The van der Waals surface area contributed by atoms with Crippen molar-refractivity contribution in [3.63, 3.8) is 0 Å². The molecular formula is C32H50N4O. The van der Waals surface area contributed by atoms with Crippen LogP contribution in [0.3, 0.4) is 0 Å². The highest BCUT2D eigenvalue weighted by Crippen LogP contribution is 2.41. The zero-order valence-electron chi connectivity index (χ0n) is 23.2. The first-order valence-electron chi connectivity index (χ1n) is 16.3. The van der Waals surface area contributed by atoms with Gasteiger partial charge >= 0.3 is 0 Å². The van der Waals surface area contributed by atoms with Gasteiger partial charge in [-0.25, -0.2) is 9.97 Å². The van der Waals surface area contributed by atoms with E-state index in [9.17, 15) is 4.79 Å². The van der Waals surface area contributed by atoms with Crippen molar-refractivity contribution in [1.29, 1.82) is 0 Å². The van der Waals surface area contributed by atoms with E-state index in [0.29, 0.717) is 30.1 Å². The number of rotatable bonds is 7. The number of aromatic nitrogens is 2. The molecule has 5 heteroatoms. The van der Waals surface area contributed by atoms with E-state index in [2.05, 4.69) is 9.80 Å². The molecule has 0 unspecified atom stereocenters. The first-order valence-corrected chi connectivity index (χ1v) is 16.3. The molecule has 0 aromatic carbocycles. The van der Waals surface area contributed by atoms with Gasteiger partial charge in [0, 0.05) is 36.3 Å². The van der Waals surface area contributed by atoms with Crippen molar-refractivity contribution in [2.45, 2.75) is 171 Å². The minimum Gasteiger partial charge on any atom is -0.350 e. The molecule has 5 saturated carbocycles. The van der Waals surface area contributed by atoms with E-state index >= 15 is 0 Å². The number of amides is 1. The Balaban J connectivity index is 1.39. The summed E-state index contributed by atoms with van der Waals surface area (Å²) in [6, 6.07) is 1.86.